The molecule has 2 N–H and O–H groups in total. The summed E-state index contributed by atoms with van der Waals surface area (Å²) in [6.07, 6.45) is 0.780. The topological polar surface area (TPSA) is 79.4 Å². The van der Waals surface area contributed by atoms with E-state index < -0.39 is 0 Å². The van der Waals surface area contributed by atoms with Crippen LogP contribution in [0.25, 0.3) is 11.0 Å². The van der Waals surface area contributed by atoms with Gasteiger partial charge in [0, 0.05) is 19.4 Å². The zero-order valence-electron chi connectivity index (χ0n) is 14.2. The summed E-state index contributed by atoms with van der Waals surface area (Å²) < 4.78 is 0. The molecule has 1 atom stereocenters. The van der Waals surface area contributed by atoms with Gasteiger partial charge in [-0.1, -0.05) is 46.6 Å². The number of aromatic amines is 1. The maximum atomic E-state index is 12.3. The second-order valence-corrected chi connectivity index (χ2v) is 7.12. The third kappa shape index (κ3) is 4.07. The summed E-state index contributed by atoms with van der Waals surface area (Å²) in [4.78, 5) is 25.5. The first-order chi connectivity index (χ1) is 13.1. The summed E-state index contributed by atoms with van der Waals surface area (Å²) >= 11 is 11.9. The van der Waals surface area contributed by atoms with Crippen molar-refractivity contribution in [3.63, 3.8) is 0 Å². The van der Waals surface area contributed by atoms with Crippen molar-refractivity contribution in [2.24, 2.45) is 5.16 Å². The zero-order valence-corrected chi connectivity index (χ0v) is 15.7. The van der Waals surface area contributed by atoms with Gasteiger partial charge in [-0.05, 0) is 29.8 Å². The number of carbonyl (C=O) groups is 1. The highest BCUT2D eigenvalue weighted by Crippen LogP contribution is 2.22. The number of hydrogen-bond donors (Lipinski definition) is 2. The molecule has 0 radical (unpaired) electrons. The maximum absolute atomic E-state index is 12.3. The van der Waals surface area contributed by atoms with Gasteiger partial charge in [0.15, 0.2) is 0 Å². The number of oxime groups is 1. The molecular weight excluding hydrogens is 387 g/mol. The molecule has 1 aliphatic rings. The van der Waals surface area contributed by atoms with Crippen molar-refractivity contribution in [1.82, 2.24) is 15.3 Å². The number of carbonyl (C=O) groups excluding carboxylic acids is 1. The first-order valence-corrected chi connectivity index (χ1v) is 9.22. The van der Waals surface area contributed by atoms with E-state index in [-0.39, 0.29) is 12.0 Å². The van der Waals surface area contributed by atoms with E-state index in [1.165, 1.54) is 0 Å². The Bertz CT molecular complexity index is 998. The number of nitrogens with one attached hydrogen (secondary N) is 2. The van der Waals surface area contributed by atoms with E-state index in [9.17, 15) is 4.79 Å². The molecule has 0 aliphatic carbocycles. The van der Waals surface area contributed by atoms with Gasteiger partial charge in [-0.25, -0.2) is 4.98 Å². The number of aromatic nitrogens is 2. The van der Waals surface area contributed by atoms with Gasteiger partial charge in [-0.3, -0.25) is 4.79 Å². The standard InChI is InChI=1S/C19H16Cl2N4O2/c20-13-6-5-11(7-14(13)21)10-22-19(26)17-8-12(27-25-17)9-18-23-15-3-1-2-4-16(15)24-18/h1-7,12H,8-10H2,(H,22,26)(H,23,24). The number of halogens is 2. The molecule has 0 saturated heterocycles. The first-order valence-electron chi connectivity index (χ1n) is 8.47. The molecule has 0 saturated carbocycles. The quantitative estimate of drug-likeness (QED) is 0.679. The number of rotatable bonds is 5. The van der Waals surface area contributed by atoms with Crippen molar-refractivity contribution in [3.05, 3.63) is 63.9 Å². The lowest BCUT2D eigenvalue weighted by Crippen LogP contribution is -2.30. The van der Waals surface area contributed by atoms with Gasteiger partial charge < -0.3 is 15.1 Å². The Labute approximate surface area is 165 Å². The van der Waals surface area contributed by atoms with Crippen LogP contribution in [-0.4, -0.2) is 27.7 Å². The molecule has 1 aliphatic heterocycles. The Morgan fingerprint density at radius 2 is 2.07 bits per heavy atom. The van der Waals surface area contributed by atoms with Crippen LogP contribution in [0.5, 0.6) is 0 Å². The summed E-state index contributed by atoms with van der Waals surface area (Å²) in [5.41, 5.74) is 3.12. The van der Waals surface area contributed by atoms with Gasteiger partial charge in [0.25, 0.3) is 5.91 Å². The fourth-order valence-electron chi connectivity index (χ4n) is 2.92. The van der Waals surface area contributed by atoms with Crippen LogP contribution in [0, 0.1) is 0 Å². The summed E-state index contributed by atoms with van der Waals surface area (Å²) in [6.45, 7) is 0.336. The SMILES string of the molecule is O=C(NCc1ccc(Cl)c(Cl)c1)C1=NOC(Cc2nc3ccccc3[nH]2)C1. The van der Waals surface area contributed by atoms with Crippen molar-refractivity contribution < 1.29 is 9.63 Å². The molecule has 6 nitrogen and oxygen atoms in total. The number of benzene rings is 2. The van der Waals surface area contributed by atoms with E-state index in [1.807, 2.05) is 30.3 Å². The van der Waals surface area contributed by atoms with Crippen LogP contribution in [0.15, 0.2) is 47.6 Å². The Morgan fingerprint density at radius 3 is 2.89 bits per heavy atom. The lowest BCUT2D eigenvalue weighted by Gasteiger charge is -2.06. The van der Waals surface area contributed by atoms with Crippen LogP contribution < -0.4 is 5.32 Å². The molecule has 4 rings (SSSR count). The molecule has 3 aromatic rings. The van der Waals surface area contributed by atoms with E-state index >= 15 is 0 Å². The number of amides is 1. The Kier molecular flexibility index (Phi) is 5.01. The summed E-state index contributed by atoms with van der Waals surface area (Å²) in [5.74, 6) is 0.557. The summed E-state index contributed by atoms with van der Waals surface area (Å²) in [5, 5.41) is 7.68. The van der Waals surface area contributed by atoms with Crippen molar-refractivity contribution in [2.75, 3.05) is 0 Å². The largest absolute Gasteiger partial charge is 0.391 e. The smallest absolute Gasteiger partial charge is 0.269 e. The highest BCUT2D eigenvalue weighted by atomic mass is 35.5. The van der Waals surface area contributed by atoms with Crippen LogP contribution >= 0.6 is 23.2 Å². The lowest BCUT2D eigenvalue weighted by molar-refractivity contribution is -0.115. The molecule has 2 aromatic carbocycles. The number of H-pyrrole nitrogens is 1. The minimum Gasteiger partial charge on any atom is -0.391 e. The van der Waals surface area contributed by atoms with E-state index in [1.54, 1.807) is 12.1 Å². The van der Waals surface area contributed by atoms with Gasteiger partial charge in [-0.2, -0.15) is 0 Å². The zero-order chi connectivity index (χ0) is 18.8. The predicted octanol–water partition coefficient (Wildman–Crippen LogP) is 3.87. The van der Waals surface area contributed by atoms with E-state index in [2.05, 4.69) is 20.4 Å². The first kappa shape index (κ1) is 17.8. The minimum atomic E-state index is -0.256. The molecule has 0 bridgehead atoms. The Hall–Kier alpha value is -2.57. The molecule has 1 unspecified atom stereocenters. The number of fused-ring (bicyclic) bond motifs is 1. The third-order valence-electron chi connectivity index (χ3n) is 4.29. The average molecular weight is 403 g/mol. The Morgan fingerprint density at radius 1 is 1.22 bits per heavy atom. The molecule has 1 aromatic heterocycles. The molecule has 1 amide bonds. The molecule has 2 heterocycles. The molecule has 138 valence electrons. The van der Waals surface area contributed by atoms with Crippen molar-refractivity contribution >= 4 is 45.9 Å². The number of para-hydroxylation sites is 2. The van der Waals surface area contributed by atoms with Crippen molar-refractivity contribution in [2.45, 2.75) is 25.5 Å². The molecule has 0 fully saturated rings. The van der Waals surface area contributed by atoms with Crippen LogP contribution in [0.3, 0.4) is 0 Å². The average Bonchev–Trinajstić information content (AvgIpc) is 3.29. The maximum Gasteiger partial charge on any atom is 0.269 e. The van der Waals surface area contributed by atoms with E-state index in [4.69, 9.17) is 28.0 Å². The van der Waals surface area contributed by atoms with Gasteiger partial charge in [-0.15, -0.1) is 0 Å². The monoisotopic (exact) mass is 402 g/mol. The minimum absolute atomic E-state index is 0.212. The van der Waals surface area contributed by atoms with Crippen LogP contribution in [-0.2, 0) is 22.6 Å². The lowest BCUT2D eigenvalue weighted by atomic mass is 10.1. The van der Waals surface area contributed by atoms with Gasteiger partial charge in [0.05, 0.1) is 21.1 Å². The second kappa shape index (κ2) is 7.58. The third-order valence-corrected chi connectivity index (χ3v) is 5.03. The van der Waals surface area contributed by atoms with Crippen molar-refractivity contribution in [1.29, 1.82) is 0 Å². The molecular formula is C19H16Cl2N4O2. The summed E-state index contributed by atoms with van der Waals surface area (Å²) in [6, 6.07) is 13.1. The van der Waals surface area contributed by atoms with Crippen LogP contribution in [0.2, 0.25) is 10.0 Å². The fourth-order valence-corrected chi connectivity index (χ4v) is 3.24. The van der Waals surface area contributed by atoms with Crippen LogP contribution in [0.4, 0.5) is 0 Å². The highest BCUT2D eigenvalue weighted by Gasteiger charge is 2.27. The normalized spacial score (nSPS) is 16.2. The van der Waals surface area contributed by atoms with Gasteiger partial charge >= 0.3 is 0 Å². The van der Waals surface area contributed by atoms with Gasteiger partial charge in [0.2, 0.25) is 0 Å². The molecule has 27 heavy (non-hydrogen) atoms. The molecule has 8 heteroatoms. The van der Waals surface area contributed by atoms with Gasteiger partial charge in [0.1, 0.15) is 17.6 Å². The number of hydrogen-bond acceptors (Lipinski definition) is 4. The fraction of sp³-hybridized carbons (Fsp3) is 0.211. The summed E-state index contributed by atoms with van der Waals surface area (Å²) in [7, 11) is 0. The molecule has 0 spiro atoms. The van der Waals surface area contributed by atoms with E-state index in [0.717, 1.165) is 22.4 Å². The highest BCUT2D eigenvalue weighted by molar-refractivity contribution is 6.42. The number of nitrogens with zero attached hydrogens (tertiary/aromatic N) is 2. The Balaban J connectivity index is 1.31. The van der Waals surface area contributed by atoms with E-state index in [0.29, 0.717) is 35.1 Å². The predicted molar refractivity (Wildman–Crippen MR) is 105 cm³/mol. The number of imidazole rings is 1. The second-order valence-electron chi connectivity index (χ2n) is 6.31. The van der Waals surface area contributed by atoms with Crippen LogP contribution in [0.1, 0.15) is 17.8 Å². The van der Waals surface area contributed by atoms with Crippen molar-refractivity contribution in [3.8, 4) is 0 Å².